The summed E-state index contributed by atoms with van der Waals surface area (Å²) in [6, 6.07) is 12.1. The third kappa shape index (κ3) is 10.6. The van der Waals surface area contributed by atoms with Crippen molar-refractivity contribution in [2.45, 2.75) is 44.3 Å². The molecule has 9 rings (SSSR count). The molecular formula is C48H52F2N10O8. The monoisotopic (exact) mass is 934 g/mol. The average Bonchev–Trinajstić information content (AvgIpc) is 3.93. The number of halogens is 2. The summed E-state index contributed by atoms with van der Waals surface area (Å²) in [6.07, 6.45) is 7.13. The van der Waals surface area contributed by atoms with Crippen LogP contribution in [0.5, 0.6) is 0 Å². The molecule has 356 valence electrons. The van der Waals surface area contributed by atoms with Crippen LogP contribution in [0.1, 0.15) is 58.0 Å². The summed E-state index contributed by atoms with van der Waals surface area (Å²) >= 11 is 0. The first-order chi connectivity index (χ1) is 33.1. The van der Waals surface area contributed by atoms with E-state index in [0.29, 0.717) is 99.4 Å². The number of morpholine rings is 1. The molecule has 5 aromatic rings. The lowest BCUT2D eigenvalue weighted by Gasteiger charge is -2.31. The molecule has 5 amide bonds. The summed E-state index contributed by atoms with van der Waals surface area (Å²) < 4.78 is 49.4. The van der Waals surface area contributed by atoms with E-state index in [4.69, 9.17) is 19.2 Å². The van der Waals surface area contributed by atoms with Gasteiger partial charge in [-0.05, 0) is 61.2 Å². The van der Waals surface area contributed by atoms with Crippen LogP contribution in [0, 0.1) is 11.6 Å². The number of carbonyl (C=O) groups is 5. The zero-order valence-electron chi connectivity index (χ0n) is 37.4. The van der Waals surface area contributed by atoms with E-state index in [1.54, 1.807) is 42.7 Å². The van der Waals surface area contributed by atoms with Crippen molar-refractivity contribution >= 4 is 46.3 Å². The van der Waals surface area contributed by atoms with E-state index in [0.717, 1.165) is 36.4 Å². The summed E-state index contributed by atoms with van der Waals surface area (Å²) in [6.45, 7) is 6.38. The minimum Gasteiger partial charge on any atom is -0.383 e. The fourth-order valence-corrected chi connectivity index (χ4v) is 9.00. The molecule has 0 spiro atoms. The van der Waals surface area contributed by atoms with E-state index >= 15 is 8.78 Å². The third-order valence-electron chi connectivity index (χ3n) is 12.7. The maximum absolute atomic E-state index is 15.4. The fourth-order valence-electron chi connectivity index (χ4n) is 9.00. The zero-order chi connectivity index (χ0) is 47.1. The molecule has 3 aromatic carbocycles. The second-order valence-electron chi connectivity index (χ2n) is 17.2. The second kappa shape index (κ2) is 21.2. The van der Waals surface area contributed by atoms with Gasteiger partial charge in [-0.2, -0.15) is 5.10 Å². The number of hydrogen-bond donors (Lipinski definition) is 3. The van der Waals surface area contributed by atoms with Gasteiger partial charge in [-0.1, -0.05) is 12.1 Å². The number of carbonyl (C=O) groups excluding carboxylic acids is 5. The highest BCUT2D eigenvalue weighted by Gasteiger charge is 2.44. The van der Waals surface area contributed by atoms with Gasteiger partial charge < -0.3 is 24.8 Å². The van der Waals surface area contributed by atoms with Gasteiger partial charge in [-0.3, -0.25) is 53.7 Å². The molecule has 3 saturated heterocycles. The van der Waals surface area contributed by atoms with Crippen LogP contribution in [0.25, 0.3) is 33.4 Å². The summed E-state index contributed by atoms with van der Waals surface area (Å²) in [5.41, 5.74) is 4.54. The highest BCUT2D eigenvalue weighted by atomic mass is 19.1. The van der Waals surface area contributed by atoms with Crippen LogP contribution in [-0.2, 0) is 35.1 Å². The normalized spacial score (nSPS) is 18.3. The zero-order valence-corrected chi connectivity index (χ0v) is 37.4. The Bertz CT molecular complexity index is 2680. The van der Waals surface area contributed by atoms with E-state index in [2.05, 4.69) is 30.9 Å². The van der Waals surface area contributed by atoms with E-state index in [9.17, 15) is 24.0 Å². The van der Waals surface area contributed by atoms with Gasteiger partial charge >= 0.3 is 0 Å². The lowest BCUT2D eigenvalue weighted by molar-refractivity contribution is -0.136. The Morgan fingerprint density at radius 3 is 2.32 bits per heavy atom. The van der Waals surface area contributed by atoms with Crippen molar-refractivity contribution in [1.29, 1.82) is 0 Å². The molecule has 68 heavy (non-hydrogen) atoms. The molecule has 2 aromatic heterocycles. The predicted octanol–water partition coefficient (Wildman–Crippen LogP) is 3.57. The smallest absolute Gasteiger partial charge is 0.262 e. The molecule has 0 aliphatic carbocycles. The van der Waals surface area contributed by atoms with Crippen LogP contribution >= 0.6 is 0 Å². The van der Waals surface area contributed by atoms with E-state index in [-0.39, 0.29) is 54.6 Å². The van der Waals surface area contributed by atoms with Crippen molar-refractivity contribution in [3.8, 4) is 22.4 Å². The number of piperidine rings is 2. The highest BCUT2D eigenvalue weighted by Crippen LogP contribution is 2.33. The van der Waals surface area contributed by atoms with Crippen molar-refractivity contribution < 1.29 is 47.0 Å². The molecule has 0 bridgehead atoms. The van der Waals surface area contributed by atoms with Crippen LogP contribution in [0.4, 0.5) is 14.5 Å². The number of hydrogen-bond acceptors (Lipinski definition) is 14. The molecule has 4 aliphatic rings. The average molecular weight is 935 g/mol. The maximum Gasteiger partial charge on any atom is 0.262 e. The standard InChI is InChI=1S/C48H52F2N10O8/c49-38-22-30(23-39(50)37(38)28-58-14-18-68-19-15-58)34-2-1-3-40-45(34)55-41(26-53-40)31-25-54-59(27-31)33-8-12-57(13-9-33)29-44(62)52-11-17-67-21-20-66-16-10-51-32-4-5-35-36(24-32)48(65)60(47(35)64)42-6-7-43(61)56-46(42)63/h1-5,22-27,33,42,51H,6-21,28-29H2,(H,52,62)(H,56,61,63). The fraction of sp³-hybridized carbons (Fsp3) is 0.417. The molecule has 20 heteroatoms. The van der Waals surface area contributed by atoms with E-state index in [1.807, 2.05) is 21.8 Å². The van der Waals surface area contributed by atoms with Crippen molar-refractivity contribution in [3.05, 3.63) is 95.4 Å². The number of rotatable bonds is 18. The number of nitrogens with one attached hydrogen (secondary N) is 3. The molecule has 1 unspecified atom stereocenters. The Labute approximate surface area is 390 Å². The summed E-state index contributed by atoms with van der Waals surface area (Å²) in [5, 5.41) is 12.9. The number of imide groups is 2. The lowest BCUT2D eigenvalue weighted by Crippen LogP contribution is -2.54. The number of para-hydroxylation sites is 1. The highest BCUT2D eigenvalue weighted by molar-refractivity contribution is 6.23. The van der Waals surface area contributed by atoms with Gasteiger partial charge in [-0.15, -0.1) is 0 Å². The molecule has 0 saturated carbocycles. The molecule has 6 heterocycles. The number of amides is 5. The Kier molecular flexibility index (Phi) is 14.5. The number of benzene rings is 3. The second-order valence-corrected chi connectivity index (χ2v) is 17.2. The van der Waals surface area contributed by atoms with Crippen LogP contribution in [0.15, 0.2) is 67.1 Å². The Morgan fingerprint density at radius 2 is 1.56 bits per heavy atom. The van der Waals surface area contributed by atoms with Crippen LogP contribution in [0.3, 0.4) is 0 Å². The number of nitrogens with zero attached hydrogens (tertiary/aromatic N) is 7. The first kappa shape index (κ1) is 46.5. The minimum absolute atomic E-state index is 0.0389. The minimum atomic E-state index is -1.02. The Morgan fingerprint density at radius 1 is 0.809 bits per heavy atom. The number of fused-ring (bicyclic) bond motifs is 2. The topological polar surface area (TPSA) is 202 Å². The molecular weight excluding hydrogens is 883 g/mol. The number of ether oxygens (including phenoxy) is 3. The van der Waals surface area contributed by atoms with Crippen LogP contribution < -0.4 is 16.0 Å². The van der Waals surface area contributed by atoms with E-state index < -0.39 is 41.3 Å². The van der Waals surface area contributed by atoms with Crippen molar-refractivity contribution in [2.24, 2.45) is 0 Å². The van der Waals surface area contributed by atoms with Crippen LogP contribution in [0.2, 0.25) is 0 Å². The van der Waals surface area contributed by atoms with Gasteiger partial charge in [0.05, 0.1) is 92.5 Å². The van der Waals surface area contributed by atoms with Crippen molar-refractivity contribution in [3.63, 3.8) is 0 Å². The number of anilines is 1. The summed E-state index contributed by atoms with van der Waals surface area (Å²) in [5.74, 6) is -3.49. The van der Waals surface area contributed by atoms with Gasteiger partial charge in [0, 0.05) is 80.8 Å². The van der Waals surface area contributed by atoms with Gasteiger partial charge in [0.1, 0.15) is 17.7 Å². The lowest BCUT2D eigenvalue weighted by atomic mass is 10.0. The number of aromatic nitrogens is 4. The summed E-state index contributed by atoms with van der Waals surface area (Å²) in [4.78, 5) is 77.1. The Hall–Kier alpha value is -6.58. The van der Waals surface area contributed by atoms with Crippen LogP contribution in [-0.4, -0.2) is 155 Å². The first-order valence-corrected chi connectivity index (χ1v) is 22.9. The quantitative estimate of drug-likeness (QED) is 0.0851. The molecule has 3 fully saturated rings. The van der Waals surface area contributed by atoms with Gasteiger partial charge in [-0.25, -0.2) is 13.8 Å². The van der Waals surface area contributed by atoms with Gasteiger partial charge in [0.2, 0.25) is 17.7 Å². The first-order valence-electron chi connectivity index (χ1n) is 22.9. The largest absolute Gasteiger partial charge is 0.383 e. The van der Waals surface area contributed by atoms with Gasteiger partial charge in [0.15, 0.2) is 0 Å². The van der Waals surface area contributed by atoms with Crippen molar-refractivity contribution in [1.82, 2.24) is 45.1 Å². The third-order valence-corrected chi connectivity index (χ3v) is 12.7. The number of likely N-dealkylation sites (tertiary alicyclic amines) is 1. The van der Waals surface area contributed by atoms with Crippen molar-refractivity contribution in [2.75, 3.05) is 90.8 Å². The van der Waals surface area contributed by atoms with E-state index in [1.165, 1.54) is 12.1 Å². The Balaban J connectivity index is 0.662. The van der Waals surface area contributed by atoms with Gasteiger partial charge in [0.25, 0.3) is 11.8 Å². The summed E-state index contributed by atoms with van der Waals surface area (Å²) in [7, 11) is 0. The molecule has 0 radical (unpaired) electrons. The molecule has 4 aliphatic heterocycles. The molecule has 3 N–H and O–H groups in total. The molecule has 18 nitrogen and oxygen atoms in total. The SMILES string of the molecule is O=C(CN1CCC(n2cc(-c3cnc4cccc(-c5cc(F)c(CN6CCOCC6)c(F)c5)c4n3)cn2)CC1)NCCOCCOCCNc1ccc2c(c1)C(=O)N(C1CCC(=O)NC1=O)C2=O. The maximum atomic E-state index is 15.4. The predicted molar refractivity (Wildman–Crippen MR) is 243 cm³/mol. The molecule has 1 atom stereocenters.